The fraction of sp³-hybridized carbons (Fsp3) is 0.235. The van der Waals surface area contributed by atoms with Crippen molar-refractivity contribution in [3.63, 3.8) is 0 Å². The maximum Gasteiger partial charge on any atom is 0.355 e. The molecule has 0 radical (unpaired) electrons. The molecule has 0 spiro atoms. The van der Waals surface area contributed by atoms with Gasteiger partial charge in [0.15, 0.2) is 5.69 Å². The number of carboxylic acid groups (broad SMARTS) is 1. The average molecular weight is 419 g/mol. The quantitative estimate of drug-likeness (QED) is 0.450. The largest absolute Gasteiger partial charge is 0.476 e. The fourth-order valence-electron chi connectivity index (χ4n) is 2.50. The van der Waals surface area contributed by atoms with Crippen molar-refractivity contribution in [3.8, 4) is 0 Å². The molecule has 3 aromatic rings. The van der Waals surface area contributed by atoms with Gasteiger partial charge in [0.2, 0.25) is 5.13 Å². The predicted molar refractivity (Wildman–Crippen MR) is 110 cm³/mol. The van der Waals surface area contributed by atoms with Gasteiger partial charge in [-0.25, -0.2) is 14.6 Å². The van der Waals surface area contributed by atoms with Gasteiger partial charge in [0, 0.05) is 30.5 Å². The standard InChI is InChI=1S/C17H17N5O4S2/c1-4-26-16(25)14-12(18)11-10(22(2)3)6-5-8(13(11)28-14)20-21-17-19-9(7-27-17)15(23)24/h5-7H,4,18H2,1-3H3,(H,23,24). The Kier molecular flexibility index (Phi) is 5.56. The van der Waals surface area contributed by atoms with E-state index in [2.05, 4.69) is 15.2 Å². The molecule has 2 aromatic heterocycles. The second kappa shape index (κ2) is 7.90. The summed E-state index contributed by atoms with van der Waals surface area (Å²) in [5, 5.41) is 19.5. The number of benzene rings is 1. The number of anilines is 2. The molecule has 3 rings (SSSR count). The Morgan fingerprint density at radius 2 is 2.07 bits per heavy atom. The smallest absolute Gasteiger partial charge is 0.355 e. The van der Waals surface area contributed by atoms with Gasteiger partial charge in [0.25, 0.3) is 0 Å². The number of nitrogens with two attached hydrogens (primary N) is 1. The summed E-state index contributed by atoms with van der Waals surface area (Å²) in [5.41, 5.74) is 7.84. The molecule has 0 unspecified atom stereocenters. The van der Waals surface area contributed by atoms with Crippen molar-refractivity contribution >= 4 is 66.9 Å². The summed E-state index contributed by atoms with van der Waals surface area (Å²) in [6, 6.07) is 3.59. The number of ether oxygens (including phenoxy) is 1. The lowest BCUT2D eigenvalue weighted by atomic mass is 10.1. The Labute approximate surface area is 168 Å². The first-order valence-electron chi connectivity index (χ1n) is 8.13. The second-order valence-corrected chi connectivity index (χ2v) is 7.65. The van der Waals surface area contributed by atoms with Gasteiger partial charge in [0.1, 0.15) is 10.6 Å². The van der Waals surface area contributed by atoms with Crippen LogP contribution in [0.15, 0.2) is 27.7 Å². The minimum Gasteiger partial charge on any atom is -0.476 e. The number of esters is 1. The monoisotopic (exact) mass is 419 g/mol. The first-order valence-corrected chi connectivity index (χ1v) is 9.83. The number of hydrogen-bond donors (Lipinski definition) is 2. The van der Waals surface area contributed by atoms with E-state index in [0.717, 1.165) is 17.0 Å². The van der Waals surface area contributed by atoms with Crippen molar-refractivity contribution in [1.82, 2.24) is 4.98 Å². The Morgan fingerprint density at radius 1 is 1.32 bits per heavy atom. The minimum atomic E-state index is -1.12. The van der Waals surface area contributed by atoms with E-state index in [1.54, 1.807) is 13.0 Å². The molecule has 2 heterocycles. The van der Waals surface area contributed by atoms with Crippen molar-refractivity contribution in [3.05, 3.63) is 28.1 Å². The van der Waals surface area contributed by atoms with Crippen molar-refractivity contribution in [2.24, 2.45) is 10.2 Å². The number of fused-ring (bicyclic) bond motifs is 1. The first-order chi connectivity index (χ1) is 13.3. The Hall–Kier alpha value is -3.05. The number of thiophene rings is 1. The number of aromatic carboxylic acids is 1. The summed E-state index contributed by atoms with van der Waals surface area (Å²) in [7, 11) is 3.75. The molecule has 28 heavy (non-hydrogen) atoms. The summed E-state index contributed by atoms with van der Waals surface area (Å²) in [6.45, 7) is 1.97. The summed E-state index contributed by atoms with van der Waals surface area (Å²) in [4.78, 5) is 29.3. The van der Waals surface area contributed by atoms with Crippen LogP contribution >= 0.6 is 22.7 Å². The highest BCUT2D eigenvalue weighted by atomic mass is 32.1. The zero-order valence-corrected chi connectivity index (χ0v) is 16.9. The fourth-order valence-corrected chi connectivity index (χ4v) is 4.20. The van der Waals surface area contributed by atoms with E-state index in [4.69, 9.17) is 15.6 Å². The van der Waals surface area contributed by atoms with Crippen LogP contribution in [0, 0.1) is 0 Å². The van der Waals surface area contributed by atoms with Crippen LogP contribution in [0.2, 0.25) is 0 Å². The van der Waals surface area contributed by atoms with Gasteiger partial charge in [-0.3, -0.25) is 0 Å². The van der Waals surface area contributed by atoms with Crippen LogP contribution in [0.1, 0.15) is 27.1 Å². The maximum atomic E-state index is 12.3. The molecule has 11 heteroatoms. The zero-order chi connectivity index (χ0) is 20.4. The third-order valence-corrected chi connectivity index (χ3v) is 5.66. The van der Waals surface area contributed by atoms with E-state index in [1.807, 2.05) is 25.1 Å². The average Bonchev–Trinajstić information content (AvgIpc) is 3.25. The number of carboxylic acids is 1. The summed E-state index contributed by atoms with van der Waals surface area (Å²) in [5.74, 6) is -1.61. The highest BCUT2D eigenvalue weighted by molar-refractivity contribution is 7.22. The molecule has 9 nitrogen and oxygen atoms in total. The van der Waals surface area contributed by atoms with Gasteiger partial charge in [-0.05, 0) is 19.1 Å². The van der Waals surface area contributed by atoms with E-state index in [1.165, 1.54) is 16.7 Å². The van der Waals surface area contributed by atoms with Crippen LogP contribution in [0.3, 0.4) is 0 Å². The molecule has 0 saturated heterocycles. The second-order valence-electron chi connectivity index (χ2n) is 5.79. The van der Waals surface area contributed by atoms with Gasteiger partial charge in [-0.1, -0.05) is 0 Å². The van der Waals surface area contributed by atoms with Gasteiger partial charge in [-0.15, -0.1) is 32.9 Å². The van der Waals surface area contributed by atoms with Gasteiger partial charge in [-0.2, -0.15) is 0 Å². The van der Waals surface area contributed by atoms with Crippen molar-refractivity contribution in [1.29, 1.82) is 0 Å². The molecule has 0 saturated carbocycles. The molecular formula is C17H17N5O4S2. The Balaban J connectivity index is 2.11. The lowest BCUT2D eigenvalue weighted by Gasteiger charge is -2.14. The van der Waals surface area contributed by atoms with Crippen LogP contribution in [0.4, 0.5) is 22.2 Å². The van der Waals surface area contributed by atoms with Crippen molar-refractivity contribution in [2.75, 3.05) is 31.3 Å². The van der Waals surface area contributed by atoms with E-state index in [9.17, 15) is 9.59 Å². The predicted octanol–water partition coefficient (Wildman–Crippen LogP) is 4.30. The van der Waals surface area contributed by atoms with E-state index in [-0.39, 0.29) is 17.4 Å². The summed E-state index contributed by atoms with van der Waals surface area (Å²) in [6.07, 6.45) is 0. The molecule has 0 fully saturated rings. The van der Waals surface area contributed by atoms with Crippen LogP contribution < -0.4 is 10.6 Å². The molecule has 0 aliphatic rings. The minimum absolute atomic E-state index is 0.0861. The number of nitrogens with zero attached hydrogens (tertiary/aromatic N) is 4. The van der Waals surface area contributed by atoms with Crippen LogP contribution in [0.25, 0.3) is 10.1 Å². The molecule has 0 atom stereocenters. The molecule has 0 aliphatic carbocycles. The SMILES string of the molecule is CCOC(=O)c1sc2c(N=Nc3nc(C(=O)O)cs3)ccc(N(C)C)c2c1N. The van der Waals surface area contributed by atoms with Crippen LogP contribution in [0.5, 0.6) is 0 Å². The van der Waals surface area contributed by atoms with Crippen LogP contribution in [-0.2, 0) is 4.74 Å². The number of azo groups is 1. The molecule has 0 amide bonds. The highest BCUT2D eigenvalue weighted by Crippen LogP contribution is 2.45. The maximum absolute atomic E-state index is 12.3. The molecule has 146 valence electrons. The van der Waals surface area contributed by atoms with Crippen LogP contribution in [-0.4, -0.2) is 42.7 Å². The summed E-state index contributed by atoms with van der Waals surface area (Å²) < 4.78 is 5.78. The number of thiazole rings is 1. The number of aromatic nitrogens is 1. The molecule has 0 bridgehead atoms. The molecule has 0 aliphatic heterocycles. The number of carbonyl (C=O) groups is 2. The van der Waals surface area contributed by atoms with Gasteiger partial charge >= 0.3 is 11.9 Å². The lowest BCUT2D eigenvalue weighted by Crippen LogP contribution is -2.09. The number of rotatable bonds is 6. The Morgan fingerprint density at radius 3 is 2.68 bits per heavy atom. The van der Waals surface area contributed by atoms with Crippen molar-refractivity contribution < 1.29 is 19.4 Å². The normalized spacial score (nSPS) is 11.2. The molecular weight excluding hydrogens is 402 g/mol. The number of hydrogen-bond acceptors (Lipinski definition) is 10. The van der Waals surface area contributed by atoms with E-state index < -0.39 is 11.9 Å². The van der Waals surface area contributed by atoms with Crippen molar-refractivity contribution in [2.45, 2.75) is 6.92 Å². The summed E-state index contributed by atoms with van der Waals surface area (Å²) >= 11 is 2.26. The van der Waals surface area contributed by atoms with Gasteiger partial charge in [0.05, 0.1) is 17.0 Å². The van der Waals surface area contributed by atoms with E-state index >= 15 is 0 Å². The molecule has 1 aromatic carbocycles. The highest BCUT2D eigenvalue weighted by Gasteiger charge is 2.22. The first kappa shape index (κ1) is 19.7. The zero-order valence-electron chi connectivity index (χ0n) is 15.3. The van der Waals surface area contributed by atoms with E-state index in [0.29, 0.717) is 26.3 Å². The topological polar surface area (TPSA) is 130 Å². The molecule has 3 N–H and O–H groups in total. The number of nitrogen functional groups attached to an aromatic ring is 1. The van der Waals surface area contributed by atoms with Gasteiger partial charge < -0.3 is 20.5 Å². The lowest BCUT2D eigenvalue weighted by molar-refractivity contribution is 0.0532. The Bertz CT molecular complexity index is 1090. The third kappa shape index (κ3) is 3.66. The third-order valence-electron chi connectivity index (χ3n) is 3.73. The number of carbonyl (C=O) groups excluding carboxylic acids is 1.